The highest BCUT2D eigenvalue weighted by Crippen LogP contribution is 2.02. The van der Waals surface area contributed by atoms with E-state index in [1.54, 1.807) is 12.1 Å². The molecule has 0 radical (unpaired) electrons. The molecule has 0 bridgehead atoms. The molecule has 116 valence electrons. The molecule has 1 rings (SSSR count). The molecule has 0 fully saturated rings. The van der Waals surface area contributed by atoms with Crippen molar-refractivity contribution in [3.63, 3.8) is 0 Å². The molecule has 0 aliphatic carbocycles. The summed E-state index contributed by atoms with van der Waals surface area (Å²) in [5, 5.41) is 5.04. The molecule has 0 aliphatic rings. The van der Waals surface area contributed by atoms with Crippen molar-refractivity contribution >= 4 is 11.8 Å². The van der Waals surface area contributed by atoms with Crippen LogP contribution in [0.1, 0.15) is 18.9 Å². The van der Waals surface area contributed by atoms with E-state index >= 15 is 0 Å². The lowest BCUT2D eigenvalue weighted by molar-refractivity contribution is -0.139. The maximum atomic E-state index is 12.7. The Hall–Kier alpha value is -1.95. The SMILES string of the molecule is CCOCCCNC(=O)C(=O)NCCc1ccc(F)cc1. The van der Waals surface area contributed by atoms with E-state index in [4.69, 9.17) is 4.74 Å². The summed E-state index contributed by atoms with van der Waals surface area (Å²) in [6.07, 6.45) is 1.21. The third kappa shape index (κ3) is 7.41. The predicted octanol–water partition coefficient (Wildman–Crippen LogP) is 1.03. The molecule has 0 spiro atoms. The molecule has 1 aromatic carbocycles. The second-order valence-electron chi connectivity index (χ2n) is 4.44. The summed E-state index contributed by atoms with van der Waals surface area (Å²) < 4.78 is 17.8. The normalized spacial score (nSPS) is 10.2. The smallest absolute Gasteiger partial charge is 0.309 e. The first-order valence-corrected chi connectivity index (χ1v) is 7.01. The Kier molecular flexibility index (Phi) is 8.04. The Labute approximate surface area is 123 Å². The van der Waals surface area contributed by atoms with Crippen molar-refractivity contribution in [2.24, 2.45) is 0 Å². The Morgan fingerprint density at radius 3 is 2.33 bits per heavy atom. The Morgan fingerprint density at radius 1 is 1.10 bits per heavy atom. The number of halogens is 1. The van der Waals surface area contributed by atoms with Gasteiger partial charge in [-0.25, -0.2) is 4.39 Å². The monoisotopic (exact) mass is 296 g/mol. The first kappa shape index (κ1) is 17.1. The molecule has 0 unspecified atom stereocenters. The molecule has 2 amide bonds. The summed E-state index contributed by atoms with van der Waals surface area (Å²) in [7, 11) is 0. The summed E-state index contributed by atoms with van der Waals surface area (Å²) >= 11 is 0. The molecule has 0 atom stereocenters. The quantitative estimate of drug-likeness (QED) is 0.556. The van der Waals surface area contributed by atoms with Gasteiger partial charge in [0, 0.05) is 26.3 Å². The molecule has 0 heterocycles. The minimum Gasteiger partial charge on any atom is -0.382 e. The summed E-state index contributed by atoms with van der Waals surface area (Å²) in [6.45, 7) is 3.83. The van der Waals surface area contributed by atoms with Crippen LogP contribution in [0.3, 0.4) is 0 Å². The average molecular weight is 296 g/mol. The van der Waals surface area contributed by atoms with Crippen molar-refractivity contribution < 1.29 is 18.7 Å². The van der Waals surface area contributed by atoms with Gasteiger partial charge in [0.25, 0.3) is 0 Å². The van der Waals surface area contributed by atoms with E-state index in [0.29, 0.717) is 39.1 Å². The van der Waals surface area contributed by atoms with Gasteiger partial charge in [-0.3, -0.25) is 9.59 Å². The zero-order chi connectivity index (χ0) is 15.5. The molecule has 2 N–H and O–H groups in total. The summed E-state index contributed by atoms with van der Waals surface area (Å²) in [6, 6.07) is 6.02. The highest BCUT2D eigenvalue weighted by atomic mass is 19.1. The first-order chi connectivity index (χ1) is 10.1. The van der Waals surface area contributed by atoms with Crippen molar-refractivity contribution in [3.05, 3.63) is 35.6 Å². The topological polar surface area (TPSA) is 67.4 Å². The van der Waals surface area contributed by atoms with Crippen molar-refractivity contribution in [1.29, 1.82) is 0 Å². The van der Waals surface area contributed by atoms with Gasteiger partial charge < -0.3 is 15.4 Å². The zero-order valence-corrected chi connectivity index (χ0v) is 12.2. The number of nitrogens with one attached hydrogen (secondary N) is 2. The van der Waals surface area contributed by atoms with E-state index in [2.05, 4.69) is 10.6 Å². The number of ether oxygens (including phenoxy) is 1. The van der Waals surface area contributed by atoms with Gasteiger partial charge in [0.1, 0.15) is 5.82 Å². The van der Waals surface area contributed by atoms with Crippen LogP contribution in [0.15, 0.2) is 24.3 Å². The van der Waals surface area contributed by atoms with Gasteiger partial charge >= 0.3 is 11.8 Å². The fraction of sp³-hybridized carbons (Fsp3) is 0.467. The van der Waals surface area contributed by atoms with Crippen molar-refractivity contribution in [1.82, 2.24) is 10.6 Å². The van der Waals surface area contributed by atoms with E-state index < -0.39 is 11.8 Å². The predicted molar refractivity (Wildman–Crippen MR) is 77.2 cm³/mol. The number of amides is 2. The number of hydrogen-bond donors (Lipinski definition) is 2. The lowest BCUT2D eigenvalue weighted by atomic mass is 10.1. The Morgan fingerprint density at radius 2 is 1.71 bits per heavy atom. The molecule has 1 aromatic rings. The van der Waals surface area contributed by atoms with Crippen LogP contribution in [0.25, 0.3) is 0 Å². The number of carbonyl (C=O) groups is 2. The number of carbonyl (C=O) groups excluding carboxylic acids is 2. The van der Waals surface area contributed by atoms with Crippen LogP contribution in [-0.2, 0) is 20.7 Å². The lowest BCUT2D eigenvalue weighted by Crippen LogP contribution is -2.41. The van der Waals surface area contributed by atoms with Crippen LogP contribution in [0.2, 0.25) is 0 Å². The number of rotatable bonds is 8. The molecule has 0 aliphatic heterocycles. The summed E-state index contributed by atoms with van der Waals surface area (Å²) in [5.41, 5.74) is 0.897. The molecule has 21 heavy (non-hydrogen) atoms. The maximum Gasteiger partial charge on any atom is 0.309 e. The van der Waals surface area contributed by atoms with Crippen LogP contribution in [0.4, 0.5) is 4.39 Å². The van der Waals surface area contributed by atoms with Gasteiger partial charge in [-0.1, -0.05) is 12.1 Å². The lowest BCUT2D eigenvalue weighted by Gasteiger charge is -2.06. The van der Waals surface area contributed by atoms with Crippen LogP contribution in [-0.4, -0.2) is 38.1 Å². The second-order valence-corrected chi connectivity index (χ2v) is 4.44. The first-order valence-electron chi connectivity index (χ1n) is 7.01. The second kappa shape index (κ2) is 9.88. The average Bonchev–Trinajstić information content (AvgIpc) is 2.48. The Bertz CT molecular complexity index is 449. The standard InChI is InChI=1S/C15H21FN2O3/c1-2-21-11-3-9-17-14(19)15(20)18-10-8-12-4-6-13(16)7-5-12/h4-7H,2-3,8-11H2,1H3,(H,17,19)(H,18,20). The minimum absolute atomic E-state index is 0.297. The van der Waals surface area contributed by atoms with Gasteiger partial charge in [-0.2, -0.15) is 0 Å². The van der Waals surface area contributed by atoms with Gasteiger partial charge in [-0.15, -0.1) is 0 Å². The van der Waals surface area contributed by atoms with Crippen molar-refractivity contribution in [2.75, 3.05) is 26.3 Å². The number of hydrogen-bond acceptors (Lipinski definition) is 3. The molecule has 5 nitrogen and oxygen atoms in total. The summed E-state index contributed by atoms with van der Waals surface area (Å²) in [4.78, 5) is 22.9. The van der Waals surface area contributed by atoms with E-state index in [9.17, 15) is 14.0 Å². The van der Waals surface area contributed by atoms with Crippen LogP contribution < -0.4 is 10.6 Å². The molecule has 6 heteroatoms. The highest BCUT2D eigenvalue weighted by molar-refractivity contribution is 6.35. The van der Waals surface area contributed by atoms with Gasteiger partial charge in [0.2, 0.25) is 0 Å². The zero-order valence-electron chi connectivity index (χ0n) is 12.2. The third-order valence-corrected chi connectivity index (χ3v) is 2.77. The Balaban J connectivity index is 2.14. The van der Waals surface area contributed by atoms with Crippen molar-refractivity contribution in [3.8, 4) is 0 Å². The largest absolute Gasteiger partial charge is 0.382 e. The molecule has 0 aromatic heterocycles. The third-order valence-electron chi connectivity index (χ3n) is 2.77. The van der Waals surface area contributed by atoms with Crippen LogP contribution in [0, 0.1) is 5.82 Å². The maximum absolute atomic E-state index is 12.7. The summed E-state index contributed by atoms with van der Waals surface area (Å²) in [5.74, 6) is -1.60. The van der Waals surface area contributed by atoms with Crippen molar-refractivity contribution in [2.45, 2.75) is 19.8 Å². The number of benzene rings is 1. The van der Waals surface area contributed by atoms with Gasteiger partial charge in [0.15, 0.2) is 0 Å². The van der Waals surface area contributed by atoms with Gasteiger partial charge in [0.05, 0.1) is 0 Å². The van der Waals surface area contributed by atoms with Crippen LogP contribution in [0.5, 0.6) is 0 Å². The fourth-order valence-corrected chi connectivity index (χ4v) is 1.65. The van der Waals surface area contributed by atoms with Gasteiger partial charge in [-0.05, 0) is 37.5 Å². The minimum atomic E-state index is -0.659. The van der Waals surface area contributed by atoms with E-state index in [0.717, 1.165) is 5.56 Å². The van der Waals surface area contributed by atoms with Crippen LogP contribution >= 0.6 is 0 Å². The van der Waals surface area contributed by atoms with E-state index in [1.807, 2.05) is 6.92 Å². The van der Waals surface area contributed by atoms with E-state index in [1.165, 1.54) is 12.1 Å². The molecule has 0 saturated heterocycles. The fourth-order valence-electron chi connectivity index (χ4n) is 1.65. The van der Waals surface area contributed by atoms with E-state index in [-0.39, 0.29) is 5.82 Å². The highest BCUT2D eigenvalue weighted by Gasteiger charge is 2.11. The molecular formula is C15H21FN2O3. The molecule has 0 saturated carbocycles. The molecular weight excluding hydrogens is 275 g/mol.